The number of rotatable bonds is 4. The van der Waals surface area contributed by atoms with E-state index in [-0.39, 0.29) is 23.3 Å². The molecule has 2 rings (SSSR count). The number of carbonyl (C=O) groups is 2. The van der Waals surface area contributed by atoms with Gasteiger partial charge in [-0.05, 0) is 49.9 Å². The number of anilines is 1. The van der Waals surface area contributed by atoms with Crippen molar-refractivity contribution < 1.29 is 14.7 Å². The quantitative estimate of drug-likeness (QED) is 0.784. The Morgan fingerprint density at radius 2 is 2.15 bits per heavy atom. The molecule has 0 aromatic heterocycles. The zero-order valence-electron chi connectivity index (χ0n) is 11.6. The molecule has 0 bridgehead atoms. The number of nitrogens with one attached hydrogen (secondary N) is 1. The predicted molar refractivity (Wildman–Crippen MR) is 76.7 cm³/mol. The second-order valence-corrected chi connectivity index (χ2v) is 5.36. The van der Waals surface area contributed by atoms with Gasteiger partial charge in [0.05, 0.1) is 5.56 Å². The molecule has 1 aliphatic rings. The van der Waals surface area contributed by atoms with E-state index in [4.69, 9.17) is 10.8 Å². The summed E-state index contributed by atoms with van der Waals surface area (Å²) in [6.07, 6.45) is 2.86. The molecule has 1 saturated carbocycles. The Morgan fingerprint density at radius 3 is 2.80 bits per heavy atom. The zero-order valence-corrected chi connectivity index (χ0v) is 11.6. The van der Waals surface area contributed by atoms with E-state index in [1.165, 1.54) is 6.07 Å². The lowest BCUT2D eigenvalue weighted by atomic mass is 9.95. The van der Waals surface area contributed by atoms with Crippen LogP contribution in [-0.4, -0.2) is 23.5 Å². The minimum atomic E-state index is -0.987. The predicted octanol–water partition coefficient (Wildman–Crippen LogP) is 2.01. The van der Waals surface area contributed by atoms with Crippen LogP contribution in [0.15, 0.2) is 18.2 Å². The molecule has 1 aliphatic carbocycles. The summed E-state index contributed by atoms with van der Waals surface area (Å²) < 4.78 is 0. The lowest BCUT2D eigenvalue weighted by Crippen LogP contribution is -2.29. The molecule has 1 aromatic carbocycles. The van der Waals surface area contributed by atoms with Crippen molar-refractivity contribution in [2.24, 2.45) is 17.6 Å². The third-order valence-electron chi connectivity index (χ3n) is 4.03. The Balaban J connectivity index is 2.12. The molecule has 0 aliphatic heterocycles. The van der Waals surface area contributed by atoms with Crippen LogP contribution in [0.5, 0.6) is 0 Å². The first-order chi connectivity index (χ1) is 9.52. The highest BCUT2D eigenvalue weighted by molar-refractivity contribution is 5.95. The lowest BCUT2D eigenvalue weighted by molar-refractivity contribution is -0.120. The smallest absolute Gasteiger partial charge is 0.336 e. The van der Waals surface area contributed by atoms with Crippen LogP contribution >= 0.6 is 0 Å². The maximum atomic E-state index is 12.2. The van der Waals surface area contributed by atoms with Crippen molar-refractivity contribution in [1.82, 2.24) is 0 Å². The topological polar surface area (TPSA) is 92.4 Å². The first kappa shape index (κ1) is 14.5. The zero-order chi connectivity index (χ0) is 14.7. The summed E-state index contributed by atoms with van der Waals surface area (Å²) in [5.74, 6) is -0.869. The molecule has 0 heterocycles. The van der Waals surface area contributed by atoms with E-state index in [0.717, 1.165) is 19.3 Å². The van der Waals surface area contributed by atoms with Gasteiger partial charge in [0, 0.05) is 11.6 Å². The monoisotopic (exact) mass is 276 g/mol. The largest absolute Gasteiger partial charge is 0.478 e. The molecular weight excluding hydrogens is 256 g/mol. The van der Waals surface area contributed by atoms with Crippen LogP contribution < -0.4 is 11.1 Å². The third-order valence-corrected chi connectivity index (χ3v) is 4.03. The van der Waals surface area contributed by atoms with Crippen molar-refractivity contribution in [3.63, 3.8) is 0 Å². The third kappa shape index (κ3) is 2.99. The van der Waals surface area contributed by atoms with Crippen LogP contribution in [0.25, 0.3) is 0 Å². The van der Waals surface area contributed by atoms with E-state index in [0.29, 0.717) is 17.8 Å². The second-order valence-electron chi connectivity index (χ2n) is 5.36. The Kier molecular flexibility index (Phi) is 4.39. The molecule has 1 fully saturated rings. The van der Waals surface area contributed by atoms with Crippen LogP contribution in [0.3, 0.4) is 0 Å². The van der Waals surface area contributed by atoms with E-state index in [9.17, 15) is 9.59 Å². The summed E-state index contributed by atoms with van der Waals surface area (Å²) in [6.45, 7) is 2.25. The fourth-order valence-electron chi connectivity index (χ4n) is 2.83. The minimum absolute atomic E-state index is 0.0573. The van der Waals surface area contributed by atoms with Gasteiger partial charge in [-0.3, -0.25) is 4.79 Å². The van der Waals surface area contributed by atoms with Gasteiger partial charge < -0.3 is 16.2 Å². The molecule has 5 nitrogen and oxygen atoms in total. The highest BCUT2D eigenvalue weighted by Gasteiger charge is 2.31. The number of nitrogens with two attached hydrogens (primary N) is 1. The lowest BCUT2D eigenvalue weighted by Gasteiger charge is -2.17. The molecule has 1 aromatic rings. The standard InChI is InChI=1S/C15H20N2O3/c1-9-5-6-11(7-13(9)15(19)20)17-14(18)12-4-2-3-10(12)8-16/h5-7,10,12H,2-4,8,16H2,1H3,(H,17,18)(H,19,20). The SMILES string of the molecule is Cc1ccc(NC(=O)C2CCCC2CN)cc1C(=O)O. The molecule has 0 radical (unpaired) electrons. The van der Waals surface area contributed by atoms with E-state index < -0.39 is 5.97 Å². The number of carboxylic acids is 1. The van der Waals surface area contributed by atoms with Crippen molar-refractivity contribution in [3.8, 4) is 0 Å². The van der Waals surface area contributed by atoms with Crippen molar-refractivity contribution in [2.45, 2.75) is 26.2 Å². The number of carbonyl (C=O) groups excluding carboxylic acids is 1. The van der Waals surface area contributed by atoms with Crippen molar-refractivity contribution in [1.29, 1.82) is 0 Å². The van der Waals surface area contributed by atoms with Gasteiger partial charge in [0.1, 0.15) is 0 Å². The number of benzene rings is 1. The second kappa shape index (κ2) is 6.05. The number of aromatic carboxylic acids is 1. The molecule has 1 amide bonds. The molecular formula is C15H20N2O3. The van der Waals surface area contributed by atoms with Crippen molar-refractivity contribution in [3.05, 3.63) is 29.3 Å². The van der Waals surface area contributed by atoms with Crippen LogP contribution in [0.2, 0.25) is 0 Å². The van der Waals surface area contributed by atoms with Crippen molar-refractivity contribution in [2.75, 3.05) is 11.9 Å². The molecule has 108 valence electrons. The van der Waals surface area contributed by atoms with Gasteiger partial charge in [0.25, 0.3) is 0 Å². The normalized spacial score (nSPS) is 21.7. The highest BCUT2D eigenvalue weighted by Crippen LogP contribution is 2.32. The highest BCUT2D eigenvalue weighted by atomic mass is 16.4. The van der Waals surface area contributed by atoms with Gasteiger partial charge in [-0.1, -0.05) is 12.5 Å². The maximum absolute atomic E-state index is 12.2. The van der Waals surface area contributed by atoms with Crippen LogP contribution in [-0.2, 0) is 4.79 Å². The van der Waals surface area contributed by atoms with E-state index in [1.54, 1.807) is 19.1 Å². The average molecular weight is 276 g/mol. The Morgan fingerprint density at radius 1 is 1.40 bits per heavy atom. The summed E-state index contributed by atoms with van der Waals surface area (Å²) in [7, 11) is 0. The fraction of sp³-hybridized carbons (Fsp3) is 0.467. The molecule has 0 spiro atoms. The van der Waals surface area contributed by atoms with Crippen LogP contribution in [0.4, 0.5) is 5.69 Å². The van der Waals surface area contributed by atoms with Gasteiger partial charge in [0.2, 0.25) is 5.91 Å². The summed E-state index contributed by atoms with van der Waals surface area (Å²) >= 11 is 0. The van der Waals surface area contributed by atoms with Crippen molar-refractivity contribution >= 4 is 17.6 Å². The van der Waals surface area contributed by atoms with Gasteiger partial charge in [0.15, 0.2) is 0 Å². The van der Waals surface area contributed by atoms with E-state index >= 15 is 0 Å². The number of amides is 1. The Labute approximate surface area is 118 Å². The minimum Gasteiger partial charge on any atom is -0.478 e. The first-order valence-corrected chi connectivity index (χ1v) is 6.87. The Hall–Kier alpha value is -1.88. The number of hydrogen-bond acceptors (Lipinski definition) is 3. The van der Waals surface area contributed by atoms with Crippen LogP contribution in [0.1, 0.15) is 35.2 Å². The Bertz CT molecular complexity index is 528. The number of hydrogen-bond donors (Lipinski definition) is 3. The molecule has 2 atom stereocenters. The average Bonchev–Trinajstić information content (AvgIpc) is 2.89. The fourth-order valence-corrected chi connectivity index (χ4v) is 2.83. The van der Waals surface area contributed by atoms with Gasteiger partial charge in [-0.15, -0.1) is 0 Å². The number of carboxylic acid groups (broad SMARTS) is 1. The molecule has 2 unspecified atom stereocenters. The molecule has 5 heteroatoms. The van der Waals surface area contributed by atoms with Gasteiger partial charge in [-0.25, -0.2) is 4.79 Å². The summed E-state index contributed by atoms with van der Waals surface area (Å²) in [4.78, 5) is 23.3. The van der Waals surface area contributed by atoms with E-state index in [2.05, 4.69) is 5.32 Å². The summed E-state index contributed by atoms with van der Waals surface area (Å²) in [5.41, 5.74) is 7.10. The summed E-state index contributed by atoms with van der Waals surface area (Å²) in [5, 5.41) is 11.9. The van der Waals surface area contributed by atoms with E-state index in [1.807, 2.05) is 0 Å². The molecule has 4 N–H and O–H groups in total. The maximum Gasteiger partial charge on any atom is 0.336 e. The molecule has 20 heavy (non-hydrogen) atoms. The van der Waals surface area contributed by atoms with Gasteiger partial charge >= 0.3 is 5.97 Å². The molecule has 0 saturated heterocycles. The van der Waals surface area contributed by atoms with Crippen LogP contribution in [0, 0.1) is 18.8 Å². The number of aryl methyl sites for hydroxylation is 1. The van der Waals surface area contributed by atoms with Gasteiger partial charge in [-0.2, -0.15) is 0 Å². The first-order valence-electron chi connectivity index (χ1n) is 6.87. The summed E-state index contributed by atoms with van der Waals surface area (Å²) in [6, 6.07) is 4.93.